The Labute approximate surface area is 81.5 Å². The van der Waals surface area contributed by atoms with Crippen LogP contribution in [0.25, 0.3) is 0 Å². The average molecular weight is 191 g/mol. The van der Waals surface area contributed by atoms with Crippen molar-refractivity contribution in [2.75, 3.05) is 6.26 Å². The predicted molar refractivity (Wildman–Crippen MR) is 55.1 cm³/mol. The third-order valence-corrected chi connectivity index (χ3v) is 2.12. The van der Waals surface area contributed by atoms with Crippen LogP contribution in [0.3, 0.4) is 0 Å². The van der Waals surface area contributed by atoms with E-state index in [-0.39, 0.29) is 0 Å². The number of hydrogen-bond donors (Lipinski definition) is 1. The molecule has 0 saturated carbocycles. The molecule has 0 unspecified atom stereocenters. The van der Waals surface area contributed by atoms with Gasteiger partial charge in [-0.15, -0.1) is 11.8 Å². The summed E-state index contributed by atoms with van der Waals surface area (Å²) in [4.78, 5) is 5.19. The monoisotopic (exact) mass is 191 g/mol. The molecule has 0 aliphatic rings. The summed E-state index contributed by atoms with van der Waals surface area (Å²) in [5.41, 5.74) is 0.842. The third-order valence-electron chi connectivity index (χ3n) is 1.40. The van der Waals surface area contributed by atoms with Gasteiger partial charge in [-0.25, -0.2) is 4.99 Å². The topological polar surface area (TPSA) is 48.2 Å². The van der Waals surface area contributed by atoms with Crippen molar-refractivity contribution in [3.05, 3.63) is 24.3 Å². The van der Waals surface area contributed by atoms with E-state index in [1.165, 1.54) is 6.34 Å². The van der Waals surface area contributed by atoms with E-state index in [9.17, 15) is 0 Å². The maximum absolute atomic E-state index is 8.19. The van der Waals surface area contributed by atoms with Crippen LogP contribution in [-0.4, -0.2) is 12.6 Å². The summed E-state index contributed by atoms with van der Waals surface area (Å²) in [5.74, 6) is 0. The Bertz CT molecular complexity index is 341. The Kier molecular flexibility index (Phi) is 3.86. The highest BCUT2D eigenvalue weighted by Gasteiger charge is 1.90. The number of nitriles is 1. The van der Waals surface area contributed by atoms with E-state index in [4.69, 9.17) is 5.26 Å². The van der Waals surface area contributed by atoms with Crippen LogP contribution in [0.5, 0.6) is 0 Å². The minimum Gasteiger partial charge on any atom is -0.283 e. The normalized spacial score (nSPS) is 9.85. The molecule has 0 saturated heterocycles. The first-order chi connectivity index (χ1) is 6.36. The van der Waals surface area contributed by atoms with Crippen molar-refractivity contribution in [2.45, 2.75) is 4.90 Å². The summed E-state index contributed by atoms with van der Waals surface area (Å²) in [6, 6.07) is 7.79. The maximum atomic E-state index is 8.19. The van der Waals surface area contributed by atoms with E-state index < -0.39 is 0 Å². The maximum Gasteiger partial charge on any atom is 0.182 e. The van der Waals surface area contributed by atoms with Crippen LogP contribution in [0.1, 0.15) is 0 Å². The molecule has 66 valence electrons. The van der Waals surface area contributed by atoms with Crippen molar-refractivity contribution in [3.63, 3.8) is 0 Å². The van der Waals surface area contributed by atoms with Gasteiger partial charge in [-0.05, 0) is 24.5 Å². The summed E-state index contributed by atoms with van der Waals surface area (Å²) in [7, 11) is 0. The molecule has 0 aromatic heterocycles. The average Bonchev–Trinajstić information content (AvgIpc) is 2.19. The van der Waals surface area contributed by atoms with Gasteiger partial charge in [0, 0.05) is 4.90 Å². The third kappa shape index (κ3) is 3.18. The van der Waals surface area contributed by atoms with E-state index in [1.54, 1.807) is 18.0 Å². The standard InChI is InChI=1S/C9H9N3S/c1-13-9-4-2-3-8(5-9)12-7-11-6-10/h2-5,7H,1H3,(H,11,12). The van der Waals surface area contributed by atoms with E-state index in [1.807, 2.05) is 30.5 Å². The van der Waals surface area contributed by atoms with Crippen LogP contribution in [0.2, 0.25) is 0 Å². The molecule has 0 heterocycles. The molecule has 13 heavy (non-hydrogen) atoms. The molecule has 1 aromatic carbocycles. The van der Waals surface area contributed by atoms with Crippen LogP contribution in [-0.2, 0) is 0 Å². The van der Waals surface area contributed by atoms with Crippen LogP contribution in [0.15, 0.2) is 34.2 Å². The number of benzene rings is 1. The van der Waals surface area contributed by atoms with Crippen LogP contribution in [0.4, 0.5) is 5.69 Å². The first-order valence-corrected chi connectivity index (χ1v) is 4.90. The Morgan fingerprint density at radius 1 is 1.62 bits per heavy atom. The second kappa shape index (κ2) is 5.22. The minimum atomic E-state index is 0.842. The molecule has 0 aliphatic heterocycles. The van der Waals surface area contributed by atoms with Gasteiger partial charge in [0.15, 0.2) is 6.19 Å². The molecular formula is C9H9N3S. The summed E-state index contributed by atoms with van der Waals surface area (Å²) in [6.45, 7) is 0. The molecule has 0 amide bonds. The van der Waals surface area contributed by atoms with Crippen molar-refractivity contribution in [1.82, 2.24) is 5.32 Å². The molecular weight excluding hydrogens is 182 g/mol. The number of nitrogens with one attached hydrogen (secondary N) is 1. The molecule has 0 fully saturated rings. The first kappa shape index (κ1) is 9.62. The number of nitrogens with zero attached hydrogens (tertiary/aromatic N) is 2. The largest absolute Gasteiger partial charge is 0.283 e. The smallest absolute Gasteiger partial charge is 0.182 e. The van der Waals surface area contributed by atoms with Gasteiger partial charge in [-0.2, -0.15) is 5.26 Å². The van der Waals surface area contributed by atoms with Crippen molar-refractivity contribution in [3.8, 4) is 6.19 Å². The lowest BCUT2D eigenvalue weighted by atomic mass is 10.3. The predicted octanol–water partition coefficient (Wildman–Crippen LogP) is 2.14. The Hall–Kier alpha value is -1.47. The van der Waals surface area contributed by atoms with E-state index in [0.29, 0.717) is 0 Å². The lowest BCUT2D eigenvalue weighted by molar-refractivity contribution is 1.28. The lowest BCUT2D eigenvalue weighted by Crippen LogP contribution is -1.98. The highest BCUT2D eigenvalue weighted by molar-refractivity contribution is 7.98. The Balaban J connectivity index is 2.73. The van der Waals surface area contributed by atoms with E-state index in [0.717, 1.165) is 10.6 Å². The number of rotatable bonds is 3. The van der Waals surface area contributed by atoms with E-state index >= 15 is 0 Å². The molecule has 1 rings (SSSR count). The second-order valence-electron chi connectivity index (χ2n) is 2.22. The Morgan fingerprint density at radius 2 is 2.46 bits per heavy atom. The fourth-order valence-corrected chi connectivity index (χ4v) is 1.28. The number of hydrogen-bond acceptors (Lipinski definition) is 3. The van der Waals surface area contributed by atoms with Gasteiger partial charge in [-0.3, -0.25) is 5.32 Å². The molecule has 0 aliphatic carbocycles. The molecule has 0 atom stereocenters. The summed E-state index contributed by atoms with van der Waals surface area (Å²) >= 11 is 1.66. The highest BCUT2D eigenvalue weighted by atomic mass is 32.2. The number of thioether (sulfide) groups is 1. The zero-order valence-corrected chi connectivity index (χ0v) is 8.01. The van der Waals surface area contributed by atoms with Crippen molar-refractivity contribution >= 4 is 23.8 Å². The van der Waals surface area contributed by atoms with Crippen LogP contribution >= 0.6 is 11.8 Å². The van der Waals surface area contributed by atoms with E-state index in [2.05, 4.69) is 10.3 Å². The minimum absolute atomic E-state index is 0.842. The molecule has 4 heteroatoms. The fourth-order valence-electron chi connectivity index (χ4n) is 0.826. The molecule has 0 spiro atoms. The SMILES string of the molecule is CSc1cccc(N=CNC#N)c1. The fraction of sp³-hybridized carbons (Fsp3) is 0.111. The quantitative estimate of drug-likeness (QED) is 0.262. The first-order valence-electron chi connectivity index (χ1n) is 3.68. The van der Waals surface area contributed by atoms with Gasteiger partial charge < -0.3 is 0 Å². The summed E-state index contributed by atoms with van der Waals surface area (Å²) in [5, 5.41) is 10.5. The van der Waals surface area contributed by atoms with Crippen molar-refractivity contribution < 1.29 is 0 Å². The second-order valence-corrected chi connectivity index (χ2v) is 3.10. The Morgan fingerprint density at radius 3 is 3.15 bits per heavy atom. The van der Waals surface area contributed by atoms with Gasteiger partial charge in [0.05, 0.1) is 5.69 Å². The van der Waals surface area contributed by atoms with Gasteiger partial charge >= 0.3 is 0 Å². The van der Waals surface area contributed by atoms with Gasteiger partial charge in [-0.1, -0.05) is 6.07 Å². The highest BCUT2D eigenvalue weighted by Crippen LogP contribution is 2.20. The number of aliphatic imine (C=N–C) groups is 1. The molecule has 1 aromatic rings. The zero-order valence-electron chi connectivity index (χ0n) is 7.19. The van der Waals surface area contributed by atoms with Crippen LogP contribution < -0.4 is 5.32 Å². The molecule has 0 radical (unpaired) electrons. The van der Waals surface area contributed by atoms with Crippen molar-refractivity contribution in [1.29, 1.82) is 5.26 Å². The van der Waals surface area contributed by atoms with Gasteiger partial charge in [0.2, 0.25) is 0 Å². The van der Waals surface area contributed by atoms with Gasteiger partial charge in [0.25, 0.3) is 0 Å². The molecule has 3 nitrogen and oxygen atoms in total. The summed E-state index contributed by atoms with van der Waals surface area (Å²) in [6.07, 6.45) is 5.15. The van der Waals surface area contributed by atoms with Gasteiger partial charge in [0.1, 0.15) is 6.34 Å². The van der Waals surface area contributed by atoms with Crippen molar-refractivity contribution in [2.24, 2.45) is 4.99 Å². The summed E-state index contributed by atoms with van der Waals surface area (Å²) < 4.78 is 0. The van der Waals surface area contributed by atoms with Crippen LogP contribution in [0, 0.1) is 11.5 Å². The molecule has 1 N–H and O–H groups in total. The zero-order chi connectivity index (χ0) is 9.52. The lowest BCUT2D eigenvalue weighted by Gasteiger charge is -1.96. The molecule has 0 bridgehead atoms.